The fourth-order valence-electron chi connectivity index (χ4n) is 3.87. The van der Waals surface area contributed by atoms with Crippen LogP contribution >= 0.6 is 0 Å². The molecular weight excluding hydrogens is 340 g/mol. The van der Waals surface area contributed by atoms with E-state index in [0.29, 0.717) is 5.56 Å². The van der Waals surface area contributed by atoms with Crippen LogP contribution in [0.1, 0.15) is 77.6 Å². The van der Waals surface area contributed by atoms with E-state index in [0.717, 1.165) is 19.3 Å². The molecule has 0 N–H and O–H groups in total. The summed E-state index contributed by atoms with van der Waals surface area (Å²) in [6, 6.07) is 8.72. The van der Waals surface area contributed by atoms with Gasteiger partial charge in [-0.2, -0.15) is 0 Å². The van der Waals surface area contributed by atoms with Crippen LogP contribution in [0.3, 0.4) is 0 Å². The van der Waals surface area contributed by atoms with Crippen LogP contribution in [0, 0.1) is 16.7 Å². The Bertz CT molecular complexity index is 642. The highest BCUT2D eigenvalue weighted by Crippen LogP contribution is 2.40. The highest BCUT2D eigenvalue weighted by Gasteiger charge is 2.39. The zero-order valence-corrected chi connectivity index (χ0v) is 17.6. The van der Waals surface area contributed by atoms with E-state index in [9.17, 15) is 14.4 Å². The van der Waals surface area contributed by atoms with Crippen molar-refractivity contribution in [1.82, 2.24) is 0 Å². The molecule has 0 aromatic heterocycles. The molecule has 1 rings (SSSR count). The summed E-state index contributed by atoms with van der Waals surface area (Å²) in [5, 5.41) is 0. The molecule has 0 bridgehead atoms. The third kappa shape index (κ3) is 7.66. The van der Waals surface area contributed by atoms with Gasteiger partial charge in [0.2, 0.25) is 0 Å². The molecule has 4 heteroatoms. The summed E-state index contributed by atoms with van der Waals surface area (Å²) in [5.41, 5.74) is 0.0872. The maximum absolute atomic E-state index is 13.1. The van der Waals surface area contributed by atoms with Crippen LogP contribution in [0.5, 0.6) is 0 Å². The lowest BCUT2D eigenvalue weighted by molar-refractivity contribution is -0.147. The van der Waals surface area contributed by atoms with Gasteiger partial charge in [0.05, 0.1) is 6.42 Å². The number of hydrogen-bond donors (Lipinski definition) is 0. The Morgan fingerprint density at radius 3 is 2.15 bits per heavy atom. The van der Waals surface area contributed by atoms with E-state index in [4.69, 9.17) is 4.74 Å². The summed E-state index contributed by atoms with van der Waals surface area (Å²) in [6.07, 6.45) is 2.50. The van der Waals surface area contributed by atoms with Gasteiger partial charge in [0.25, 0.3) is 0 Å². The number of ether oxygens (including phenoxy) is 1. The quantitative estimate of drug-likeness (QED) is 0.414. The van der Waals surface area contributed by atoms with Crippen LogP contribution in [0.2, 0.25) is 0 Å². The van der Waals surface area contributed by atoms with Gasteiger partial charge in [0.15, 0.2) is 12.4 Å². The maximum Gasteiger partial charge on any atom is 0.306 e. The fraction of sp³-hybridized carbons (Fsp3) is 0.609. The van der Waals surface area contributed by atoms with Gasteiger partial charge >= 0.3 is 5.97 Å². The number of carbonyl (C=O) groups is 3. The van der Waals surface area contributed by atoms with Crippen LogP contribution in [-0.4, -0.2) is 24.1 Å². The van der Waals surface area contributed by atoms with E-state index in [-0.39, 0.29) is 30.0 Å². The molecule has 150 valence electrons. The second kappa shape index (κ2) is 9.82. The number of carbonyl (C=O) groups excluding carboxylic acids is 3. The molecule has 1 aromatic rings. The standard InChI is InChI=1S/C23H34O4/c1-7-13-23(6,16-22(3,4)5)21(26)17(2)14-20(25)27-15-19(24)18-11-9-8-10-12-18/h8-12,17H,7,13-16H2,1-6H3. The molecular formula is C23H34O4. The lowest BCUT2D eigenvalue weighted by atomic mass is 9.67. The van der Waals surface area contributed by atoms with Crippen LogP contribution in [0.4, 0.5) is 0 Å². The van der Waals surface area contributed by atoms with E-state index in [1.807, 2.05) is 13.0 Å². The van der Waals surface area contributed by atoms with Crippen molar-refractivity contribution in [3.63, 3.8) is 0 Å². The summed E-state index contributed by atoms with van der Waals surface area (Å²) in [5.74, 6) is -1.07. The number of benzene rings is 1. The average Bonchev–Trinajstić information content (AvgIpc) is 2.58. The largest absolute Gasteiger partial charge is 0.457 e. The number of rotatable bonds is 10. The zero-order chi connectivity index (χ0) is 20.7. The highest BCUT2D eigenvalue weighted by molar-refractivity contribution is 5.98. The summed E-state index contributed by atoms with van der Waals surface area (Å²) < 4.78 is 5.11. The second-order valence-corrected chi connectivity index (χ2v) is 8.97. The van der Waals surface area contributed by atoms with Gasteiger partial charge in [-0.25, -0.2) is 0 Å². The molecule has 4 nitrogen and oxygen atoms in total. The van der Waals surface area contributed by atoms with Crippen molar-refractivity contribution in [1.29, 1.82) is 0 Å². The van der Waals surface area contributed by atoms with E-state index < -0.39 is 17.3 Å². The van der Waals surface area contributed by atoms with Gasteiger partial charge < -0.3 is 4.74 Å². The molecule has 2 unspecified atom stereocenters. The summed E-state index contributed by atoms with van der Waals surface area (Å²) in [4.78, 5) is 37.2. The van der Waals surface area contributed by atoms with Gasteiger partial charge in [-0.15, -0.1) is 0 Å². The number of ketones is 2. The minimum absolute atomic E-state index is 0.00432. The van der Waals surface area contributed by atoms with Crippen LogP contribution in [-0.2, 0) is 14.3 Å². The lowest BCUT2D eigenvalue weighted by Crippen LogP contribution is -2.37. The maximum atomic E-state index is 13.1. The molecule has 0 saturated heterocycles. The SMILES string of the molecule is CCCC(C)(CC(C)(C)C)C(=O)C(C)CC(=O)OCC(=O)c1ccccc1. The monoisotopic (exact) mass is 374 g/mol. The van der Waals surface area contributed by atoms with Crippen molar-refractivity contribution in [3.8, 4) is 0 Å². The van der Waals surface area contributed by atoms with E-state index in [1.165, 1.54) is 0 Å². The first-order valence-corrected chi connectivity index (χ1v) is 9.77. The number of hydrogen-bond acceptors (Lipinski definition) is 4. The first-order valence-electron chi connectivity index (χ1n) is 9.77. The first-order chi connectivity index (χ1) is 12.5. The Balaban J connectivity index is 2.64. The Morgan fingerprint density at radius 2 is 1.63 bits per heavy atom. The van der Waals surface area contributed by atoms with Gasteiger partial charge in [0, 0.05) is 16.9 Å². The second-order valence-electron chi connectivity index (χ2n) is 8.97. The van der Waals surface area contributed by atoms with Crippen molar-refractivity contribution in [3.05, 3.63) is 35.9 Å². The summed E-state index contributed by atoms with van der Waals surface area (Å²) >= 11 is 0. The van der Waals surface area contributed by atoms with E-state index >= 15 is 0 Å². The fourth-order valence-corrected chi connectivity index (χ4v) is 3.87. The minimum atomic E-state index is -0.505. The normalized spacial score (nSPS) is 14.9. The molecule has 0 heterocycles. The molecule has 0 spiro atoms. The predicted molar refractivity (Wildman–Crippen MR) is 108 cm³/mol. The Kier molecular flexibility index (Phi) is 8.39. The van der Waals surface area contributed by atoms with Gasteiger partial charge in [-0.05, 0) is 18.3 Å². The molecule has 1 aromatic carbocycles. The molecule has 0 radical (unpaired) electrons. The van der Waals surface area contributed by atoms with Gasteiger partial charge in [-0.3, -0.25) is 14.4 Å². The van der Waals surface area contributed by atoms with Crippen LogP contribution < -0.4 is 0 Å². The molecule has 0 fully saturated rings. The smallest absolute Gasteiger partial charge is 0.306 e. The molecule has 0 saturated carbocycles. The van der Waals surface area contributed by atoms with Gasteiger partial charge in [-0.1, -0.05) is 78.3 Å². The van der Waals surface area contributed by atoms with Crippen LogP contribution in [0.25, 0.3) is 0 Å². The molecule has 27 heavy (non-hydrogen) atoms. The molecule has 2 atom stereocenters. The molecule has 0 aliphatic carbocycles. The third-order valence-electron chi connectivity index (χ3n) is 4.70. The minimum Gasteiger partial charge on any atom is -0.457 e. The summed E-state index contributed by atoms with van der Waals surface area (Å²) in [6.45, 7) is 11.9. The van der Waals surface area contributed by atoms with E-state index in [1.54, 1.807) is 31.2 Å². The Morgan fingerprint density at radius 1 is 1.04 bits per heavy atom. The Labute approximate surface area is 163 Å². The van der Waals surface area contributed by atoms with Crippen LogP contribution in [0.15, 0.2) is 30.3 Å². The van der Waals surface area contributed by atoms with Gasteiger partial charge in [0.1, 0.15) is 5.78 Å². The molecule has 0 amide bonds. The topological polar surface area (TPSA) is 60.4 Å². The van der Waals surface area contributed by atoms with Crippen molar-refractivity contribution in [2.75, 3.05) is 6.61 Å². The summed E-state index contributed by atoms with van der Waals surface area (Å²) in [7, 11) is 0. The average molecular weight is 375 g/mol. The van der Waals surface area contributed by atoms with Crippen molar-refractivity contribution < 1.29 is 19.1 Å². The van der Waals surface area contributed by atoms with Crippen molar-refractivity contribution in [2.45, 2.75) is 67.2 Å². The zero-order valence-electron chi connectivity index (χ0n) is 17.6. The predicted octanol–water partition coefficient (Wildman–Crippen LogP) is 5.25. The third-order valence-corrected chi connectivity index (χ3v) is 4.70. The number of esters is 1. The lowest BCUT2D eigenvalue weighted by Gasteiger charge is -2.36. The number of Topliss-reactive ketones (excluding diaryl/α,β-unsaturated/α-hetero) is 2. The highest BCUT2D eigenvalue weighted by atomic mass is 16.5. The Hall–Kier alpha value is -1.97. The van der Waals surface area contributed by atoms with E-state index in [2.05, 4.69) is 27.7 Å². The molecule has 0 aliphatic rings. The molecule has 0 aliphatic heterocycles. The van der Waals surface area contributed by atoms with Crippen molar-refractivity contribution in [2.24, 2.45) is 16.7 Å². The van der Waals surface area contributed by atoms with Crippen molar-refractivity contribution >= 4 is 17.5 Å². The first kappa shape index (κ1) is 23.1.